The molecule has 2 aromatic rings. The van der Waals surface area contributed by atoms with Gasteiger partial charge in [0, 0.05) is 25.5 Å². The van der Waals surface area contributed by atoms with Crippen LogP contribution in [-0.4, -0.2) is 43.6 Å². The normalized spacial score (nSPS) is 10.1. The van der Waals surface area contributed by atoms with Crippen molar-refractivity contribution < 1.29 is 14.7 Å². The molecule has 0 fully saturated rings. The highest BCUT2D eigenvalue weighted by Crippen LogP contribution is 1.94. The number of carboxylic acids is 1. The second-order valence-electron chi connectivity index (χ2n) is 4.14. The number of hydrogen-bond donors (Lipinski definition) is 3. The summed E-state index contributed by atoms with van der Waals surface area (Å²) in [6.07, 6.45) is 4.61. The zero-order chi connectivity index (χ0) is 15.1. The molecule has 0 saturated carbocycles. The van der Waals surface area contributed by atoms with E-state index in [0.717, 1.165) is 5.56 Å². The highest BCUT2D eigenvalue weighted by Gasteiger charge is 2.08. The Labute approximate surface area is 120 Å². The van der Waals surface area contributed by atoms with Crippen molar-refractivity contribution in [2.45, 2.75) is 13.1 Å². The predicted molar refractivity (Wildman–Crippen MR) is 71.5 cm³/mol. The van der Waals surface area contributed by atoms with Gasteiger partial charge in [-0.05, 0) is 17.7 Å². The van der Waals surface area contributed by atoms with Gasteiger partial charge >= 0.3 is 12.0 Å². The first-order valence-corrected chi connectivity index (χ1v) is 6.19. The molecule has 0 aliphatic rings. The Balaban J connectivity index is 1.68. The average Bonchev–Trinajstić information content (AvgIpc) is 2.95. The summed E-state index contributed by atoms with van der Waals surface area (Å²) in [6, 6.07) is 3.30. The first-order valence-electron chi connectivity index (χ1n) is 6.19. The Kier molecular flexibility index (Phi) is 4.80. The van der Waals surface area contributed by atoms with E-state index in [1.807, 2.05) is 12.1 Å². The molecule has 0 aliphatic carbocycles. The lowest BCUT2D eigenvalue weighted by atomic mass is 10.3. The molecule has 0 aromatic carbocycles. The molecule has 0 spiro atoms. The Morgan fingerprint density at radius 3 is 2.67 bits per heavy atom. The van der Waals surface area contributed by atoms with Gasteiger partial charge < -0.3 is 15.7 Å². The van der Waals surface area contributed by atoms with Crippen molar-refractivity contribution in [1.82, 2.24) is 30.6 Å². The van der Waals surface area contributed by atoms with Gasteiger partial charge in [-0.2, -0.15) is 0 Å². The van der Waals surface area contributed by atoms with Gasteiger partial charge in [-0.3, -0.25) is 4.98 Å². The number of amides is 2. The van der Waals surface area contributed by atoms with Crippen LogP contribution in [0.2, 0.25) is 0 Å². The highest BCUT2D eigenvalue weighted by molar-refractivity contribution is 5.84. The van der Waals surface area contributed by atoms with E-state index >= 15 is 0 Å². The number of aromatic carboxylic acids is 1. The van der Waals surface area contributed by atoms with E-state index in [4.69, 9.17) is 5.11 Å². The lowest BCUT2D eigenvalue weighted by molar-refractivity contribution is 0.0690. The number of carbonyl (C=O) groups is 2. The number of hydrogen-bond acceptors (Lipinski definition) is 5. The minimum Gasteiger partial charge on any atom is -0.476 e. The Morgan fingerprint density at radius 2 is 2.00 bits per heavy atom. The molecule has 0 atom stereocenters. The predicted octanol–water partition coefficient (Wildman–Crippen LogP) is -0.129. The fraction of sp³-hybridized carbons (Fsp3) is 0.250. The van der Waals surface area contributed by atoms with Gasteiger partial charge in [-0.15, -0.1) is 5.10 Å². The molecule has 3 N–H and O–H groups in total. The van der Waals surface area contributed by atoms with Gasteiger partial charge in [0.2, 0.25) is 0 Å². The van der Waals surface area contributed by atoms with Crippen LogP contribution in [0, 0.1) is 0 Å². The number of nitrogens with zero attached hydrogens (tertiary/aromatic N) is 4. The molecule has 110 valence electrons. The van der Waals surface area contributed by atoms with Gasteiger partial charge in [0.1, 0.15) is 0 Å². The highest BCUT2D eigenvalue weighted by atomic mass is 16.4. The van der Waals surface area contributed by atoms with Crippen LogP contribution in [0.4, 0.5) is 4.79 Å². The van der Waals surface area contributed by atoms with Crippen molar-refractivity contribution in [3.63, 3.8) is 0 Å². The zero-order valence-electron chi connectivity index (χ0n) is 11.1. The smallest absolute Gasteiger partial charge is 0.358 e. The van der Waals surface area contributed by atoms with Crippen molar-refractivity contribution in [1.29, 1.82) is 0 Å². The molecule has 0 saturated heterocycles. The number of rotatable bonds is 6. The molecule has 0 unspecified atom stereocenters. The summed E-state index contributed by atoms with van der Waals surface area (Å²) in [7, 11) is 0. The third-order valence-corrected chi connectivity index (χ3v) is 2.59. The summed E-state index contributed by atoms with van der Waals surface area (Å²) in [6.45, 7) is 1.05. The average molecular weight is 290 g/mol. The first kappa shape index (κ1) is 14.4. The quantitative estimate of drug-likeness (QED) is 0.681. The lowest BCUT2D eigenvalue weighted by Crippen LogP contribution is -2.36. The molecule has 21 heavy (non-hydrogen) atoms. The second-order valence-corrected chi connectivity index (χ2v) is 4.14. The molecular weight excluding hydrogens is 276 g/mol. The standard InChI is InChI=1S/C12H14N6O3/c19-11(20)10-8-18(17-16-10)6-5-14-12(21)15-7-9-1-3-13-4-2-9/h1-4,8H,5-7H2,(H,19,20)(H2,14,15,21). The number of pyridine rings is 1. The van der Waals surface area contributed by atoms with Gasteiger partial charge in [0.15, 0.2) is 5.69 Å². The minimum atomic E-state index is -1.13. The van der Waals surface area contributed by atoms with Gasteiger partial charge in [-0.25, -0.2) is 14.3 Å². The summed E-state index contributed by atoms with van der Waals surface area (Å²) in [5, 5.41) is 21.1. The van der Waals surface area contributed by atoms with Crippen molar-refractivity contribution in [3.05, 3.63) is 42.0 Å². The molecular formula is C12H14N6O3. The largest absolute Gasteiger partial charge is 0.476 e. The van der Waals surface area contributed by atoms with E-state index in [9.17, 15) is 9.59 Å². The van der Waals surface area contributed by atoms with Gasteiger partial charge in [0.05, 0.1) is 12.7 Å². The molecule has 2 heterocycles. The maximum Gasteiger partial charge on any atom is 0.358 e. The van der Waals surface area contributed by atoms with Crippen molar-refractivity contribution >= 4 is 12.0 Å². The van der Waals surface area contributed by atoms with E-state index in [-0.39, 0.29) is 11.7 Å². The van der Waals surface area contributed by atoms with Crippen LogP contribution in [-0.2, 0) is 13.1 Å². The van der Waals surface area contributed by atoms with Crippen molar-refractivity contribution in [2.75, 3.05) is 6.54 Å². The monoisotopic (exact) mass is 290 g/mol. The lowest BCUT2D eigenvalue weighted by Gasteiger charge is -2.07. The Hall–Kier alpha value is -2.97. The van der Waals surface area contributed by atoms with Crippen LogP contribution < -0.4 is 10.6 Å². The number of nitrogens with one attached hydrogen (secondary N) is 2. The fourth-order valence-electron chi connectivity index (χ4n) is 1.54. The maximum absolute atomic E-state index is 11.5. The van der Waals surface area contributed by atoms with E-state index < -0.39 is 5.97 Å². The number of aromatic nitrogens is 4. The van der Waals surface area contributed by atoms with E-state index in [1.54, 1.807) is 12.4 Å². The fourth-order valence-corrected chi connectivity index (χ4v) is 1.54. The van der Waals surface area contributed by atoms with Gasteiger partial charge in [0.25, 0.3) is 0 Å². The van der Waals surface area contributed by atoms with Crippen LogP contribution >= 0.6 is 0 Å². The van der Waals surface area contributed by atoms with Crippen LogP contribution in [0.15, 0.2) is 30.7 Å². The van der Waals surface area contributed by atoms with Crippen LogP contribution in [0.25, 0.3) is 0 Å². The van der Waals surface area contributed by atoms with E-state index in [2.05, 4.69) is 25.9 Å². The van der Waals surface area contributed by atoms with E-state index in [1.165, 1.54) is 10.9 Å². The molecule has 2 aromatic heterocycles. The van der Waals surface area contributed by atoms with Crippen LogP contribution in [0.1, 0.15) is 16.1 Å². The molecule has 2 amide bonds. The Bertz CT molecular complexity index is 612. The van der Waals surface area contributed by atoms with Crippen molar-refractivity contribution in [2.24, 2.45) is 0 Å². The molecule has 2 rings (SSSR count). The summed E-state index contributed by atoms with van der Waals surface area (Å²) in [5.74, 6) is -1.13. The van der Waals surface area contributed by atoms with Crippen molar-refractivity contribution in [3.8, 4) is 0 Å². The third kappa shape index (κ3) is 4.56. The molecule has 0 bridgehead atoms. The van der Waals surface area contributed by atoms with Crippen LogP contribution in [0.5, 0.6) is 0 Å². The SMILES string of the molecule is O=C(NCCn1cc(C(=O)O)nn1)NCc1ccncc1. The maximum atomic E-state index is 11.5. The summed E-state index contributed by atoms with van der Waals surface area (Å²) < 4.78 is 1.35. The zero-order valence-corrected chi connectivity index (χ0v) is 11.1. The third-order valence-electron chi connectivity index (χ3n) is 2.59. The van der Waals surface area contributed by atoms with Gasteiger partial charge in [-0.1, -0.05) is 5.21 Å². The summed E-state index contributed by atoms with van der Waals surface area (Å²) >= 11 is 0. The first-order chi connectivity index (χ1) is 10.1. The summed E-state index contributed by atoms with van der Waals surface area (Å²) in [5.41, 5.74) is 0.819. The summed E-state index contributed by atoms with van der Waals surface area (Å²) in [4.78, 5) is 26.0. The Morgan fingerprint density at radius 1 is 1.24 bits per heavy atom. The molecule has 0 radical (unpaired) electrons. The number of urea groups is 1. The number of carbonyl (C=O) groups excluding carboxylic acids is 1. The van der Waals surface area contributed by atoms with E-state index in [0.29, 0.717) is 19.6 Å². The molecule has 9 heteroatoms. The molecule has 0 aliphatic heterocycles. The second kappa shape index (κ2) is 6.98. The number of carboxylic acid groups (broad SMARTS) is 1. The molecule has 9 nitrogen and oxygen atoms in total. The topological polar surface area (TPSA) is 122 Å². The minimum absolute atomic E-state index is 0.128. The van der Waals surface area contributed by atoms with Crippen LogP contribution in [0.3, 0.4) is 0 Å².